The molecular formula is C13H11ClN2O2S. The first-order valence-electron chi connectivity index (χ1n) is 5.51. The largest absolute Gasteiger partial charge is 0.326 e. The maximum absolute atomic E-state index is 11.0. The lowest BCUT2D eigenvalue weighted by molar-refractivity contribution is -0.387. The maximum Gasteiger partial charge on any atom is 0.283 e. The topological polar surface area (TPSA) is 69.2 Å². The zero-order valence-electron chi connectivity index (χ0n) is 9.88. The van der Waals surface area contributed by atoms with Crippen molar-refractivity contribution in [3.8, 4) is 0 Å². The van der Waals surface area contributed by atoms with Crippen molar-refractivity contribution in [3.05, 3.63) is 63.2 Å². The van der Waals surface area contributed by atoms with E-state index in [4.69, 9.17) is 17.3 Å². The number of nitrogens with two attached hydrogens (primary N) is 1. The molecule has 4 nitrogen and oxygen atoms in total. The number of nitro groups is 1. The smallest absolute Gasteiger partial charge is 0.283 e. The molecule has 0 amide bonds. The van der Waals surface area contributed by atoms with Crippen LogP contribution in [0.1, 0.15) is 5.56 Å². The Hall–Kier alpha value is -1.56. The second-order valence-corrected chi connectivity index (χ2v) is 5.30. The summed E-state index contributed by atoms with van der Waals surface area (Å²) in [7, 11) is 0. The SMILES string of the molecule is NCc1ccc(Cl)cc1Sc1ccccc1[N+](=O)[O-]. The first kappa shape index (κ1) is 13.9. The van der Waals surface area contributed by atoms with Crippen molar-refractivity contribution in [3.63, 3.8) is 0 Å². The fourth-order valence-electron chi connectivity index (χ4n) is 1.60. The highest BCUT2D eigenvalue weighted by atomic mass is 35.5. The molecule has 0 saturated carbocycles. The Labute approximate surface area is 119 Å². The number of rotatable bonds is 4. The van der Waals surface area contributed by atoms with Crippen LogP contribution in [-0.4, -0.2) is 4.92 Å². The predicted molar refractivity (Wildman–Crippen MR) is 76.6 cm³/mol. The van der Waals surface area contributed by atoms with Crippen LogP contribution in [0.25, 0.3) is 0 Å². The Morgan fingerprint density at radius 3 is 2.63 bits per heavy atom. The summed E-state index contributed by atoms with van der Waals surface area (Å²) >= 11 is 7.26. The van der Waals surface area contributed by atoms with Gasteiger partial charge >= 0.3 is 0 Å². The lowest BCUT2D eigenvalue weighted by Crippen LogP contribution is -1.98. The Morgan fingerprint density at radius 2 is 1.95 bits per heavy atom. The molecule has 0 fully saturated rings. The molecule has 0 aliphatic heterocycles. The highest BCUT2D eigenvalue weighted by molar-refractivity contribution is 7.99. The van der Waals surface area contributed by atoms with E-state index in [2.05, 4.69) is 0 Å². The lowest BCUT2D eigenvalue weighted by atomic mass is 10.2. The third kappa shape index (κ3) is 3.26. The van der Waals surface area contributed by atoms with Crippen LogP contribution in [0, 0.1) is 10.1 Å². The molecule has 0 atom stereocenters. The second kappa shape index (κ2) is 6.06. The zero-order valence-corrected chi connectivity index (χ0v) is 11.4. The van der Waals surface area contributed by atoms with Gasteiger partial charge in [0, 0.05) is 22.5 Å². The molecule has 0 spiro atoms. The van der Waals surface area contributed by atoms with Gasteiger partial charge in [-0.05, 0) is 23.8 Å². The normalized spacial score (nSPS) is 10.4. The van der Waals surface area contributed by atoms with Crippen LogP contribution in [0.2, 0.25) is 5.02 Å². The molecule has 0 heterocycles. The zero-order chi connectivity index (χ0) is 13.8. The molecule has 6 heteroatoms. The molecule has 0 aromatic heterocycles. The molecule has 0 radical (unpaired) electrons. The van der Waals surface area contributed by atoms with E-state index in [0.29, 0.717) is 16.5 Å². The van der Waals surface area contributed by atoms with Gasteiger partial charge in [0.1, 0.15) is 0 Å². The van der Waals surface area contributed by atoms with Gasteiger partial charge in [0.05, 0.1) is 9.82 Å². The minimum absolute atomic E-state index is 0.0791. The van der Waals surface area contributed by atoms with Crippen LogP contribution in [0.15, 0.2) is 52.3 Å². The van der Waals surface area contributed by atoms with Gasteiger partial charge < -0.3 is 5.73 Å². The Balaban J connectivity index is 2.41. The molecule has 2 aromatic carbocycles. The third-order valence-corrected chi connectivity index (χ3v) is 3.93. The van der Waals surface area contributed by atoms with Gasteiger partial charge in [-0.1, -0.05) is 41.6 Å². The Bertz CT molecular complexity index is 619. The predicted octanol–water partition coefficient (Wildman–Crippen LogP) is 3.86. The summed E-state index contributed by atoms with van der Waals surface area (Å²) in [6.07, 6.45) is 0. The maximum atomic E-state index is 11.0. The summed E-state index contributed by atoms with van der Waals surface area (Å²) in [5.74, 6) is 0. The first-order chi connectivity index (χ1) is 9.11. The second-order valence-electron chi connectivity index (χ2n) is 3.78. The summed E-state index contributed by atoms with van der Waals surface area (Å²) in [6.45, 7) is 0.361. The molecule has 0 saturated heterocycles. The van der Waals surface area contributed by atoms with Crippen molar-refractivity contribution in [2.75, 3.05) is 0 Å². The molecule has 0 aliphatic carbocycles. The van der Waals surface area contributed by atoms with E-state index < -0.39 is 4.92 Å². The monoisotopic (exact) mass is 294 g/mol. The van der Waals surface area contributed by atoms with E-state index in [0.717, 1.165) is 10.5 Å². The lowest BCUT2D eigenvalue weighted by Gasteiger charge is -2.08. The summed E-state index contributed by atoms with van der Waals surface area (Å²) in [6, 6.07) is 12.0. The Morgan fingerprint density at radius 1 is 1.21 bits per heavy atom. The minimum Gasteiger partial charge on any atom is -0.326 e. The van der Waals surface area contributed by atoms with Crippen LogP contribution >= 0.6 is 23.4 Å². The number of benzene rings is 2. The molecule has 0 unspecified atom stereocenters. The summed E-state index contributed by atoms with van der Waals surface area (Å²) in [4.78, 5) is 12.0. The third-order valence-electron chi connectivity index (χ3n) is 2.53. The van der Waals surface area contributed by atoms with Crippen molar-refractivity contribution >= 4 is 29.1 Å². The van der Waals surface area contributed by atoms with Crippen LogP contribution in [0.4, 0.5) is 5.69 Å². The molecule has 0 aliphatic rings. The minimum atomic E-state index is -0.394. The van der Waals surface area contributed by atoms with Gasteiger partial charge in [-0.2, -0.15) is 0 Å². The van der Waals surface area contributed by atoms with Crippen LogP contribution in [-0.2, 0) is 6.54 Å². The van der Waals surface area contributed by atoms with E-state index in [1.54, 1.807) is 30.3 Å². The first-order valence-corrected chi connectivity index (χ1v) is 6.71. The standard InChI is InChI=1S/C13H11ClN2O2S/c14-10-6-5-9(8-15)13(7-10)19-12-4-2-1-3-11(12)16(17)18/h1-7H,8,15H2. The van der Waals surface area contributed by atoms with Gasteiger partial charge in [0.2, 0.25) is 0 Å². The molecule has 19 heavy (non-hydrogen) atoms. The Kier molecular flexibility index (Phi) is 4.42. The summed E-state index contributed by atoms with van der Waals surface area (Å²) in [5, 5.41) is 11.6. The number of hydrogen-bond donors (Lipinski definition) is 1. The van der Waals surface area contributed by atoms with Gasteiger partial charge in [-0.3, -0.25) is 10.1 Å². The fourth-order valence-corrected chi connectivity index (χ4v) is 2.94. The van der Waals surface area contributed by atoms with Gasteiger partial charge in [0.15, 0.2) is 0 Å². The van der Waals surface area contributed by atoms with Gasteiger partial charge in [0.25, 0.3) is 5.69 Å². The van der Waals surface area contributed by atoms with E-state index in [1.165, 1.54) is 17.8 Å². The molecular weight excluding hydrogens is 284 g/mol. The average Bonchev–Trinajstić information content (AvgIpc) is 2.39. The number of nitrogens with zero attached hydrogens (tertiary/aromatic N) is 1. The molecule has 98 valence electrons. The number of halogens is 1. The molecule has 2 rings (SSSR count). The van der Waals surface area contributed by atoms with Gasteiger partial charge in [-0.15, -0.1) is 0 Å². The fraction of sp³-hybridized carbons (Fsp3) is 0.0769. The van der Waals surface area contributed by atoms with E-state index in [-0.39, 0.29) is 5.69 Å². The quantitative estimate of drug-likeness (QED) is 0.687. The van der Waals surface area contributed by atoms with E-state index >= 15 is 0 Å². The summed E-state index contributed by atoms with van der Waals surface area (Å²) < 4.78 is 0. The van der Waals surface area contributed by atoms with Crippen molar-refractivity contribution < 1.29 is 4.92 Å². The highest BCUT2D eigenvalue weighted by Gasteiger charge is 2.15. The average molecular weight is 295 g/mol. The molecule has 2 aromatic rings. The highest BCUT2D eigenvalue weighted by Crippen LogP contribution is 2.37. The van der Waals surface area contributed by atoms with Crippen molar-refractivity contribution in [2.45, 2.75) is 16.3 Å². The molecule has 0 bridgehead atoms. The van der Waals surface area contributed by atoms with Crippen molar-refractivity contribution in [1.29, 1.82) is 0 Å². The number of nitro benzene ring substituents is 1. The van der Waals surface area contributed by atoms with Crippen LogP contribution in [0.5, 0.6) is 0 Å². The number of para-hydroxylation sites is 1. The van der Waals surface area contributed by atoms with Crippen molar-refractivity contribution in [2.24, 2.45) is 5.73 Å². The summed E-state index contributed by atoms with van der Waals surface area (Å²) in [5.41, 5.74) is 6.65. The van der Waals surface area contributed by atoms with E-state index in [9.17, 15) is 10.1 Å². The number of hydrogen-bond acceptors (Lipinski definition) is 4. The van der Waals surface area contributed by atoms with Gasteiger partial charge in [-0.25, -0.2) is 0 Å². The van der Waals surface area contributed by atoms with Crippen molar-refractivity contribution in [1.82, 2.24) is 0 Å². The van der Waals surface area contributed by atoms with Crippen LogP contribution < -0.4 is 5.73 Å². The van der Waals surface area contributed by atoms with E-state index in [1.807, 2.05) is 6.07 Å². The van der Waals surface area contributed by atoms with Crippen LogP contribution in [0.3, 0.4) is 0 Å². The molecule has 2 N–H and O–H groups in total.